The van der Waals surface area contributed by atoms with Gasteiger partial charge in [0.15, 0.2) is 0 Å². The highest BCUT2D eigenvalue weighted by Crippen LogP contribution is 2.53. The maximum Gasteiger partial charge on any atom is 0.262 e. The van der Waals surface area contributed by atoms with Crippen LogP contribution in [0.4, 0.5) is 5.69 Å². The molecule has 1 aliphatic heterocycles. The van der Waals surface area contributed by atoms with Crippen LogP contribution in [0, 0.1) is 0 Å². The van der Waals surface area contributed by atoms with Crippen molar-refractivity contribution in [2.24, 2.45) is 0 Å². The number of aromatic nitrogens is 1. The van der Waals surface area contributed by atoms with E-state index < -0.39 is 0 Å². The van der Waals surface area contributed by atoms with E-state index in [-0.39, 0.29) is 0 Å². The van der Waals surface area contributed by atoms with E-state index in [4.69, 9.17) is 0 Å². The van der Waals surface area contributed by atoms with Crippen LogP contribution >= 0.6 is 23.1 Å². The molecule has 0 atom stereocenters. The number of nitrogens with zero attached hydrogens (tertiary/aromatic N) is 2. The number of benzene rings is 6. The van der Waals surface area contributed by atoms with Crippen molar-refractivity contribution in [1.29, 1.82) is 0 Å². The van der Waals surface area contributed by atoms with Crippen molar-refractivity contribution >= 4 is 45.1 Å². The number of thiazole rings is 1. The van der Waals surface area contributed by atoms with Gasteiger partial charge in [0, 0.05) is 23.1 Å². The third-order valence-corrected chi connectivity index (χ3v) is 11.6. The highest BCUT2D eigenvalue weighted by molar-refractivity contribution is 8.03. The van der Waals surface area contributed by atoms with Crippen LogP contribution in [-0.4, -0.2) is 6.54 Å². The summed E-state index contributed by atoms with van der Waals surface area (Å²) < 4.78 is 3.76. The number of fused-ring (bicyclic) bond motifs is 2. The fraction of sp³-hybridized carbons (Fsp3) is 0.0851. The molecular weight excluding hydrogens is 657 g/mol. The largest absolute Gasteiger partial charge is 0.335 e. The smallest absolute Gasteiger partial charge is 0.262 e. The van der Waals surface area contributed by atoms with Crippen LogP contribution in [0.1, 0.15) is 18.9 Å². The van der Waals surface area contributed by atoms with Crippen LogP contribution in [0.15, 0.2) is 180 Å². The van der Waals surface area contributed by atoms with Crippen molar-refractivity contribution in [1.82, 2.24) is 0 Å². The predicted octanol–water partition coefficient (Wildman–Crippen LogP) is 12.9. The Bertz CT molecular complexity index is 2390. The lowest BCUT2D eigenvalue weighted by Gasteiger charge is -2.23. The summed E-state index contributed by atoms with van der Waals surface area (Å²) >= 11 is 3.71. The van der Waals surface area contributed by atoms with E-state index in [0.717, 1.165) is 13.1 Å². The zero-order valence-corrected chi connectivity index (χ0v) is 30.5. The van der Waals surface area contributed by atoms with Gasteiger partial charge in [-0.2, -0.15) is 4.57 Å². The molecule has 1 aliphatic rings. The first-order valence-electron chi connectivity index (χ1n) is 17.6. The summed E-state index contributed by atoms with van der Waals surface area (Å²) in [6.45, 7) is 6.27. The van der Waals surface area contributed by atoms with E-state index in [0.29, 0.717) is 0 Å². The molecule has 0 saturated heterocycles. The van der Waals surface area contributed by atoms with Gasteiger partial charge in [-0.15, -0.1) is 0 Å². The topological polar surface area (TPSA) is 7.12 Å². The van der Waals surface area contributed by atoms with Gasteiger partial charge in [-0.25, -0.2) is 0 Å². The summed E-state index contributed by atoms with van der Waals surface area (Å²) in [7, 11) is 0. The zero-order chi connectivity index (χ0) is 34.6. The number of hydrogen-bond acceptors (Lipinski definition) is 3. The lowest BCUT2D eigenvalue weighted by Crippen LogP contribution is -2.34. The van der Waals surface area contributed by atoms with E-state index in [1.807, 2.05) is 23.1 Å². The summed E-state index contributed by atoms with van der Waals surface area (Å²) in [4.78, 5) is 3.76. The van der Waals surface area contributed by atoms with Crippen LogP contribution in [0.2, 0.25) is 0 Å². The second kappa shape index (κ2) is 14.8. The van der Waals surface area contributed by atoms with Gasteiger partial charge in [-0.1, -0.05) is 175 Å². The molecule has 0 N–H and O–H groups in total. The molecule has 2 heterocycles. The second-order valence-electron chi connectivity index (χ2n) is 12.4. The lowest BCUT2D eigenvalue weighted by molar-refractivity contribution is -0.664. The average molecular weight is 696 g/mol. The summed E-state index contributed by atoms with van der Waals surface area (Å²) in [5.74, 6) is 0. The molecule has 51 heavy (non-hydrogen) atoms. The quantitative estimate of drug-likeness (QED) is 0.110. The van der Waals surface area contributed by atoms with Crippen molar-refractivity contribution < 1.29 is 4.57 Å². The molecule has 8 rings (SSSR count). The molecule has 6 aromatic carbocycles. The van der Waals surface area contributed by atoms with Crippen molar-refractivity contribution in [3.63, 3.8) is 0 Å². The predicted molar refractivity (Wildman–Crippen MR) is 221 cm³/mol. The molecule has 0 spiro atoms. The molecule has 0 saturated carbocycles. The van der Waals surface area contributed by atoms with Crippen molar-refractivity contribution in [3.05, 3.63) is 180 Å². The minimum absolute atomic E-state index is 0.889. The van der Waals surface area contributed by atoms with Crippen molar-refractivity contribution in [3.8, 4) is 44.5 Å². The van der Waals surface area contributed by atoms with Gasteiger partial charge in [0.05, 0.1) is 16.3 Å². The summed E-state index contributed by atoms with van der Waals surface area (Å²) in [5.41, 5.74) is 12.7. The summed E-state index contributed by atoms with van der Waals surface area (Å²) in [6, 6.07) is 52.3. The number of anilines is 1. The Kier molecular flexibility index (Phi) is 9.52. The molecule has 0 radical (unpaired) electrons. The first-order chi connectivity index (χ1) is 25.2. The van der Waals surface area contributed by atoms with Crippen LogP contribution in [0.5, 0.6) is 0 Å². The van der Waals surface area contributed by atoms with Crippen LogP contribution in [0.3, 0.4) is 0 Å². The Hall–Kier alpha value is -5.42. The molecule has 248 valence electrons. The maximum atomic E-state index is 2.47. The van der Waals surface area contributed by atoms with Crippen LogP contribution < -0.4 is 9.47 Å². The minimum Gasteiger partial charge on any atom is -0.335 e. The number of hydrogen-bond donors (Lipinski definition) is 0. The number of rotatable bonds is 9. The molecular formula is C47H39N2S2+. The normalized spacial score (nSPS) is 13.6. The first kappa shape index (κ1) is 32.8. The fourth-order valence-corrected chi connectivity index (χ4v) is 9.42. The maximum absolute atomic E-state index is 2.47. The van der Waals surface area contributed by atoms with Gasteiger partial charge in [-0.3, -0.25) is 0 Å². The number of allylic oxidation sites excluding steroid dienone is 4. The summed E-state index contributed by atoms with van der Waals surface area (Å²) in [6.07, 6.45) is 11.0. The third-order valence-electron chi connectivity index (χ3n) is 9.41. The van der Waals surface area contributed by atoms with Crippen molar-refractivity contribution in [2.45, 2.75) is 25.3 Å². The second-order valence-corrected chi connectivity index (χ2v) is 14.5. The van der Waals surface area contributed by atoms with Gasteiger partial charge in [0.2, 0.25) is 5.52 Å². The standard InChI is InChI=1S/C47H39N2S2/c1-3-48-42(50-40-32-30-38(34-20-10-5-11-21-34)44(46(40)48)36-24-14-7-15-25-36)28-18-9-19-29-43-49(4-2)47-41(51-43)33-31-39(35-22-12-6-13-23-35)45(47)37-26-16-8-17-27-37/h5-33H,3-4H2,1-2H3/q+1. The van der Waals surface area contributed by atoms with E-state index in [9.17, 15) is 0 Å². The first-order valence-corrected chi connectivity index (χ1v) is 19.3. The Morgan fingerprint density at radius 2 is 1.12 bits per heavy atom. The van der Waals surface area contributed by atoms with Gasteiger partial charge in [0.25, 0.3) is 5.01 Å². The molecule has 1 aromatic heterocycles. The number of aryl methyl sites for hydroxylation is 1. The molecule has 0 bridgehead atoms. The van der Waals surface area contributed by atoms with Gasteiger partial charge in [0.1, 0.15) is 11.2 Å². The molecule has 2 nitrogen and oxygen atoms in total. The van der Waals surface area contributed by atoms with Gasteiger partial charge < -0.3 is 4.90 Å². The Balaban J connectivity index is 1.13. The van der Waals surface area contributed by atoms with E-state index in [1.54, 1.807) is 0 Å². The SMILES string of the molecule is CCN1\C(=C/C=C/C=C/c2sc3ccc(-c4ccccc4)c(-c4ccccc4)c3[n+]2CC)Sc2ccc(-c3ccccc3)c(-c3ccccc3)c21. The van der Waals surface area contributed by atoms with E-state index in [2.05, 4.69) is 199 Å². The van der Waals surface area contributed by atoms with Gasteiger partial charge >= 0.3 is 0 Å². The molecule has 0 aliphatic carbocycles. The molecule has 0 fully saturated rings. The average Bonchev–Trinajstić information content (AvgIpc) is 3.75. The van der Waals surface area contributed by atoms with E-state index >= 15 is 0 Å². The highest BCUT2D eigenvalue weighted by Gasteiger charge is 2.29. The fourth-order valence-electron chi connectivity index (χ4n) is 7.13. The van der Waals surface area contributed by atoms with Crippen molar-refractivity contribution in [2.75, 3.05) is 11.4 Å². The minimum atomic E-state index is 0.889. The number of thioether (sulfide) groups is 1. The zero-order valence-electron chi connectivity index (χ0n) is 28.9. The van der Waals surface area contributed by atoms with Crippen LogP contribution in [-0.2, 0) is 6.54 Å². The molecule has 4 heteroatoms. The van der Waals surface area contributed by atoms with Crippen LogP contribution in [0.25, 0.3) is 60.8 Å². The Morgan fingerprint density at radius 1 is 0.569 bits per heavy atom. The Morgan fingerprint density at radius 3 is 1.71 bits per heavy atom. The summed E-state index contributed by atoms with van der Waals surface area (Å²) in [5, 5.41) is 2.48. The van der Waals surface area contributed by atoms with Gasteiger partial charge in [-0.05, 0) is 65.4 Å². The Labute approximate surface area is 309 Å². The molecule has 0 amide bonds. The molecule has 0 unspecified atom stereocenters. The monoisotopic (exact) mass is 695 g/mol. The highest BCUT2D eigenvalue weighted by atomic mass is 32.2. The molecule has 7 aromatic rings. The van der Waals surface area contributed by atoms with E-state index in [1.165, 1.54) is 75.3 Å². The third kappa shape index (κ3) is 6.38. The lowest BCUT2D eigenvalue weighted by atomic mass is 9.92.